The fourth-order valence-corrected chi connectivity index (χ4v) is 3.13. The number of hydrogen-bond acceptors (Lipinski definition) is 3. The zero-order valence-corrected chi connectivity index (χ0v) is 14.0. The molecule has 0 saturated heterocycles. The number of benzene rings is 2. The normalized spacial score (nSPS) is 16.3. The first-order valence-electron chi connectivity index (χ1n) is 8.52. The van der Waals surface area contributed by atoms with Gasteiger partial charge >= 0.3 is 0 Å². The molecule has 26 heavy (non-hydrogen) atoms. The topological polar surface area (TPSA) is 66.5 Å². The Morgan fingerprint density at radius 3 is 2.96 bits per heavy atom. The van der Waals surface area contributed by atoms with Gasteiger partial charge < -0.3 is 15.1 Å². The minimum absolute atomic E-state index is 0.214. The van der Waals surface area contributed by atoms with Crippen molar-refractivity contribution in [2.45, 2.75) is 18.9 Å². The largest absolute Gasteiger partial charge is 0.387 e. The summed E-state index contributed by atoms with van der Waals surface area (Å²) in [5, 5.41) is 7.61. The number of carbonyl (C=O) groups is 1. The number of amides is 1. The van der Waals surface area contributed by atoms with Crippen molar-refractivity contribution in [1.29, 1.82) is 0 Å². The average Bonchev–Trinajstić information content (AvgIpc) is 3.30. The summed E-state index contributed by atoms with van der Waals surface area (Å²) in [5.74, 6) is -0.499. The number of fused-ring (bicyclic) bond motifs is 1. The number of halogens is 1. The number of hydrogen-bond donors (Lipinski definition) is 2. The highest BCUT2D eigenvalue weighted by molar-refractivity contribution is 6.39. The Bertz CT molecular complexity index is 966. The molecule has 3 aromatic rings. The van der Waals surface area contributed by atoms with E-state index >= 15 is 0 Å². The van der Waals surface area contributed by atoms with Crippen LogP contribution in [0.1, 0.15) is 23.7 Å². The standard InChI is InChI=1S/C20H18FN3O2/c21-15-6-7-17-16(10-15)14(12-23-17)8-9-22-20(25)18-11-19(26-24-18)13-4-2-1-3-5-13/h1-7,10,12,19,23H,8-9,11H2,(H,22,25). The molecule has 1 aliphatic heterocycles. The molecule has 4 rings (SSSR count). The van der Waals surface area contributed by atoms with Gasteiger partial charge in [0.2, 0.25) is 0 Å². The van der Waals surface area contributed by atoms with Gasteiger partial charge in [0.05, 0.1) is 0 Å². The minimum atomic E-state index is -0.271. The van der Waals surface area contributed by atoms with Gasteiger partial charge in [-0.3, -0.25) is 4.79 Å². The summed E-state index contributed by atoms with van der Waals surface area (Å²) in [7, 11) is 0. The van der Waals surface area contributed by atoms with E-state index in [0.29, 0.717) is 25.1 Å². The molecule has 0 spiro atoms. The summed E-state index contributed by atoms with van der Waals surface area (Å²) in [5.41, 5.74) is 3.24. The first kappa shape index (κ1) is 16.3. The van der Waals surface area contributed by atoms with Gasteiger partial charge in [-0.15, -0.1) is 0 Å². The fraction of sp³-hybridized carbons (Fsp3) is 0.200. The molecule has 2 aromatic carbocycles. The quantitative estimate of drug-likeness (QED) is 0.739. The molecule has 1 atom stereocenters. The molecule has 5 nitrogen and oxygen atoms in total. The molecule has 1 unspecified atom stereocenters. The molecule has 0 fully saturated rings. The van der Waals surface area contributed by atoms with E-state index in [-0.39, 0.29) is 17.8 Å². The van der Waals surface area contributed by atoms with E-state index in [1.54, 1.807) is 6.07 Å². The lowest BCUT2D eigenvalue weighted by atomic mass is 10.0. The van der Waals surface area contributed by atoms with Crippen LogP contribution in [0.25, 0.3) is 10.9 Å². The van der Waals surface area contributed by atoms with Crippen LogP contribution in [0.5, 0.6) is 0 Å². The van der Waals surface area contributed by atoms with Gasteiger partial charge in [-0.2, -0.15) is 0 Å². The van der Waals surface area contributed by atoms with Crippen LogP contribution >= 0.6 is 0 Å². The van der Waals surface area contributed by atoms with E-state index in [9.17, 15) is 9.18 Å². The zero-order valence-electron chi connectivity index (χ0n) is 14.0. The molecule has 6 heteroatoms. The van der Waals surface area contributed by atoms with E-state index in [4.69, 9.17) is 4.84 Å². The summed E-state index contributed by atoms with van der Waals surface area (Å²) in [6.45, 7) is 0.442. The number of oxime groups is 1. The van der Waals surface area contributed by atoms with Gasteiger partial charge in [0.1, 0.15) is 11.5 Å². The maximum atomic E-state index is 13.4. The molecule has 0 aliphatic carbocycles. The molecular weight excluding hydrogens is 333 g/mol. The smallest absolute Gasteiger partial charge is 0.269 e. The van der Waals surface area contributed by atoms with Gasteiger partial charge in [0, 0.05) is 30.1 Å². The Kier molecular flexibility index (Phi) is 4.39. The van der Waals surface area contributed by atoms with Crippen molar-refractivity contribution in [2.24, 2.45) is 5.16 Å². The van der Waals surface area contributed by atoms with Crippen molar-refractivity contribution in [3.05, 3.63) is 71.7 Å². The molecule has 132 valence electrons. The monoisotopic (exact) mass is 351 g/mol. The Labute approximate surface area is 149 Å². The van der Waals surface area contributed by atoms with E-state index in [1.165, 1.54) is 12.1 Å². The molecule has 1 aromatic heterocycles. The second-order valence-electron chi connectivity index (χ2n) is 6.26. The van der Waals surface area contributed by atoms with Gasteiger partial charge in [-0.05, 0) is 35.7 Å². The Hall–Kier alpha value is -3.15. The van der Waals surface area contributed by atoms with Crippen molar-refractivity contribution < 1.29 is 14.0 Å². The lowest BCUT2D eigenvalue weighted by Gasteiger charge is -2.07. The summed E-state index contributed by atoms with van der Waals surface area (Å²) >= 11 is 0. The Balaban J connectivity index is 1.32. The molecule has 1 amide bonds. The third-order valence-corrected chi connectivity index (χ3v) is 4.51. The summed E-state index contributed by atoms with van der Waals surface area (Å²) in [4.78, 5) is 20.8. The van der Waals surface area contributed by atoms with Crippen molar-refractivity contribution in [1.82, 2.24) is 10.3 Å². The maximum absolute atomic E-state index is 13.4. The number of H-pyrrole nitrogens is 1. The number of aromatic amines is 1. The maximum Gasteiger partial charge on any atom is 0.269 e. The molecule has 0 radical (unpaired) electrons. The van der Waals surface area contributed by atoms with E-state index in [2.05, 4.69) is 15.5 Å². The lowest BCUT2D eigenvalue weighted by Crippen LogP contribution is -2.32. The van der Waals surface area contributed by atoms with Crippen LogP contribution in [-0.4, -0.2) is 23.1 Å². The molecular formula is C20H18FN3O2. The third kappa shape index (κ3) is 3.31. The highest BCUT2D eigenvalue weighted by Crippen LogP contribution is 2.27. The Morgan fingerprint density at radius 2 is 2.12 bits per heavy atom. The van der Waals surface area contributed by atoms with Crippen LogP contribution in [0.3, 0.4) is 0 Å². The van der Waals surface area contributed by atoms with Crippen LogP contribution in [0.15, 0.2) is 59.9 Å². The lowest BCUT2D eigenvalue weighted by molar-refractivity contribution is -0.114. The molecule has 0 bridgehead atoms. The zero-order chi connectivity index (χ0) is 17.9. The number of carbonyl (C=O) groups excluding carboxylic acids is 1. The van der Waals surface area contributed by atoms with Gasteiger partial charge in [-0.1, -0.05) is 35.5 Å². The van der Waals surface area contributed by atoms with Gasteiger partial charge in [0.25, 0.3) is 5.91 Å². The number of nitrogens with one attached hydrogen (secondary N) is 2. The molecule has 2 heterocycles. The number of aromatic nitrogens is 1. The predicted octanol–water partition coefficient (Wildman–Crippen LogP) is 3.48. The summed E-state index contributed by atoms with van der Waals surface area (Å²) < 4.78 is 13.4. The second-order valence-corrected chi connectivity index (χ2v) is 6.26. The minimum Gasteiger partial charge on any atom is -0.387 e. The van der Waals surface area contributed by atoms with Crippen molar-refractivity contribution >= 4 is 22.5 Å². The average molecular weight is 351 g/mol. The molecule has 0 saturated carbocycles. The highest BCUT2D eigenvalue weighted by atomic mass is 19.1. The summed E-state index contributed by atoms with van der Waals surface area (Å²) in [6.07, 6.45) is 2.69. The van der Waals surface area contributed by atoms with Gasteiger partial charge in [-0.25, -0.2) is 4.39 Å². The van der Waals surface area contributed by atoms with Crippen LogP contribution in [0, 0.1) is 5.82 Å². The van der Waals surface area contributed by atoms with Crippen molar-refractivity contribution in [3.63, 3.8) is 0 Å². The molecule has 1 aliphatic rings. The van der Waals surface area contributed by atoms with Crippen LogP contribution < -0.4 is 5.32 Å². The van der Waals surface area contributed by atoms with Crippen LogP contribution in [0.4, 0.5) is 4.39 Å². The highest BCUT2D eigenvalue weighted by Gasteiger charge is 2.27. The SMILES string of the molecule is O=C(NCCc1c[nH]c2ccc(F)cc12)C1=NOC(c2ccccc2)C1. The number of nitrogens with zero attached hydrogens (tertiary/aromatic N) is 1. The van der Waals surface area contributed by atoms with Crippen molar-refractivity contribution in [3.8, 4) is 0 Å². The van der Waals surface area contributed by atoms with Gasteiger partial charge in [0.15, 0.2) is 6.10 Å². The van der Waals surface area contributed by atoms with E-state index < -0.39 is 0 Å². The summed E-state index contributed by atoms with van der Waals surface area (Å²) in [6, 6.07) is 14.3. The Morgan fingerprint density at radius 1 is 1.27 bits per heavy atom. The first-order valence-corrected chi connectivity index (χ1v) is 8.52. The molecule has 2 N–H and O–H groups in total. The van der Waals surface area contributed by atoms with E-state index in [0.717, 1.165) is 22.0 Å². The third-order valence-electron chi connectivity index (χ3n) is 4.51. The number of rotatable bonds is 5. The van der Waals surface area contributed by atoms with Crippen LogP contribution in [-0.2, 0) is 16.1 Å². The predicted molar refractivity (Wildman–Crippen MR) is 97.3 cm³/mol. The first-order chi connectivity index (χ1) is 12.7. The van der Waals surface area contributed by atoms with Crippen LogP contribution in [0.2, 0.25) is 0 Å². The van der Waals surface area contributed by atoms with E-state index in [1.807, 2.05) is 36.5 Å². The second kappa shape index (κ2) is 7.00. The fourth-order valence-electron chi connectivity index (χ4n) is 3.13. The van der Waals surface area contributed by atoms with Crippen molar-refractivity contribution in [2.75, 3.05) is 6.54 Å².